The Bertz CT molecular complexity index is 1210. The summed E-state index contributed by atoms with van der Waals surface area (Å²) < 4.78 is 5.40. The largest absolute Gasteiger partial charge is 0.497 e. The van der Waals surface area contributed by atoms with Crippen molar-refractivity contribution in [3.8, 4) is 5.75 Å². The second-order valence-corrected chi connectivity index (χ2v) is 8.34. The predicted molar refractivity (Wildman–Crippen MR) is 150 cm³/mol. The Morgan fingerprint density at radius 3 is 1.37 bits per heavy atom. The van der Waals surface area contributed by atoms with Gasteiger partial charge in [0, 0.05) is 18.8 Å². The summed E-state index contributed by atoms with van der Waals surface area (Å²) in [4.78, 5) is 2.36. The number of anilines is 1. The van der Waals surface area contributed by atoms with Crippen molar-refractivity contribution in [3.05, 3.63) is 144 Å². The molecule has 176 valence electrons. The SMILES string of the molecule is CCN(CC)c1ccc(C(=CC=C(c2ccccc2)c2ccccc2)c2ccc(OC)cc2)cc1. The van der Waals surface area contributed by atoms with Gasteiger partial charge in [0.05, 0.1) is 7.11 Å². The van der Waals surface area contributed by atoms with Crippen LogP contribution in [0.3, 0.4) is 0 Å². The minimum atomic E-state index is 0.856. The number of methoxy groups -OCH3 is 1. The van der Waals surface area contributed by atoms with Gasteiger partial charge >= 0.3 is 0 Å². The van der Waals surface area contributed by atoms with Gasteiger partial charge in [0.1, 0.15) is 5.75 Å². The highest BCUT2D eigenvalue weighted by molar-refractivity contribution is 5.86. The van der Waals surface area contributed by atoms with Crippen LogP contribution in [0.2, 0.25) is 0 Å². The van der Waals surface area contributed by atoms with Crippen molar-refractivity contribution in [2.75, 3.05) is 25.1 Å². The molecule has 2 nitrogen and oxygen atoms in total. The summed E-state index contributed by atoms with van der Waals surface area (Å²) in [6.07, 6.45) is 4.48. The lowest BCUT2D eigenvalue weighted by atomic mass is 9.94. The first-order chi connectivity index (χ1) is 17.2. The van der Waals surface area contributed by atoms with Crippen LogP contribution in [0.25, 0.3) is 11.1 Å². The Balaban J connectivity index is 1.83. The maximum Gasteiger partial charge on any atom is 0.118 e. The Labute approximate surface area is 209 Å². The summed E-state index contributed by atoms with van der Waals surface area (Å²) in [5, 5.41) is 0. The second-order valence-electron chi connectivity index (χ2n) is 8.34. The van der Waals surface area contributed by atoms with Gasteiger partial charge in [0.25, 0.3) is 0 Å². The van der Waals surface area contributed by atoms with Gasteiger partial charge in [-0.05, 0) is 71.5 Å². The van der Waals surface area contributed by atoms with Crippen molar-refractivity contribution in [1.82, 2.24) is 0 Å². The minimum absolute atomic E-state index is 0.856. The number of allylic oxidation sites excluding steroid dienone is 2. The Hall–Kier alpha value is -4.04. The number of ether oxygens (including phenoxy) is 1. The number of nitrogens with zero attached hydrogens (tertiary/aromatic N) is 1. The number of hydrogen-bond acceptors (Lipinski definition) is 2. The molecule has 0 bridgehead atoms. The van der Waals surface area contributed by atoms with E-state index < -0.39 is 0 Å². The zero-order chi connectivity index (χ0) is 24.5. The monoisotopic (exact) mass is 459 g/mol. The average Bonchev–Trinajstić information content (AvgIpc) is 2.93. The normalized spacial score (nSPS) is 11.1. The second kappa shape index (κ2) is 11.9. The number of rotatable bonds is 9. The lowest BCUT2D eigenvalue weighted by Crippen LogP contribution is -2.21. The van der Waals surface area contributed by atoms with Crippen LogP contribution < -0.4 is 9.64 Å². The van der Waals surface area contributed by atoms with Gasteiger partial charge < -0.3 is 9.64 Å². The molecule has 0 unspecified atom stereocenters. The Morgan fingerprint density at radius 2 is 0.971 bits per heavy atom. The van der Waals surface area contributed by atoms with E-state index in [1.807, 2.05) is 12.1 Å². The molecule has 0 aliphatic heterocycles. The lowest BCUT2D eigenvalue weighted by molar-refractivity contribution is 0.415. The third-order valence-corrected chi connectivity index (χ3v) is 6.29. The maximum absolute atomic E-state index is 5.40. The summed E-state index contributed by atoms with van der Waals surface area (Å²) in [5.41, 5.74) is 8.33. The highest BCUT2D eigenvalue weighted by Gasteiger charge is 2.09. The molecule has 0 radical (unpaired) electrons. The van der Waals surface area contributed by atoms with Crippen LogP contribution in [0.5, 0.6) is 5.75 Å². The van der Waals surface area contributed by atoms with E-state index in [4.69, 9.17) is 4.74 Å². The predicted octanol–water partition coefficient (Wildman–Crippen LogP) is 8.11. The highest BCUT2D eigenvalue weighted by Crippen LogP contribution is 2.30. The van der Waals surface area contributed by atoms with Gasteiger partial charge in [-0.15, -0.1) is 0 Å². The third-order valence-electron chi connectivity index (χ3n) is 6.29. The van der Waals surface area contributed by atoms with Crippen molar-refractivity contribution in [2.24, 2.45) is 0 Å². The molecule has 0 saturated heterocycles. The molecule has 0 aromatic heterocycles. The van der Waals surface area contributed by atoms with Crippen LogP contribution in [0.15, 0.2) is 121 Å². The molecule has 0 atom stereocenters. The molecule has 35 heavy (non-hydrogen) atoms. The fourth-order valence-electron chi connectivity index (χ4n) is 4.33. The Kier molecular flexibility index (Phi) is 8.19. The van der Waals surface area contributed by atoms with Gasteiger partial charge in [-0.2, -0.15) is 0 Å². The summed E-state index contributed by atoms with van der Waals surface area (Å²) >= 11 is 0. The zero-order valence-corrected chi connectivity index (χ0v) is 20.8. The first kappa shape index (κ1) is 24.1. The van der Waals surface area contributed by atoms with E-state index in [1.165, 1.54) is 33.5 Å². The van der Waals surface area contributed by atoms with Crippen molar-refractivity contribution in [1.29, 1.82) is 0 Å². The first-order valence-electron chi connectivity index (χ1n) is 12.3. The van der Waals surface area contributed by atoms with Gasteiger partial charge in [0.15, 0.2) is 0 Å². The molecular formula is C33H33NO. The molecule has 4 rings (SSSR count). The summed E-state index contributed by atoms with van der Waals surface area (Å²) in [6, 6.07) is 38.3. The first-order valence-corrected chi connectivity index (χ1v) is 12.3. The Morgan fingerprint density at radius 1 is 0.571 bits per heavy atom. The van der Waals surface area contributed by atoms with Crippen LogP contribution in [0.1, 0.15) is 36.1 Å². The van der Waals surface area contributed by atoms with E-state index in [2.05, 4.69) is 128 Å². The van der Waals surface area contributed by atoms with E-state index in [0.29, 0.717) is 0 Å². The molecule has 2 heteroatoms. The molecular weight excluding hydrogens is 426 g/mol. The summed E-state index contributed by atoms with van der Waals surface area (Å²) in [5.74, 6) is 0.856. The van der Waals surface area contributed by atoms with Gasteiger partial charge in [-0.1, -0.05) is 97.1 Å². The fourth-order valence-corrected chi connectivity index (χ4v) is 4.33. The van der Waals surface area contributed by atoms with Crippen LogP contribution in [0.4, 0.5) is 5.69 Å². The van der Waals surface area contributed by atoms with E-state index in [9.17, 15) is 0 Å². The molecule has 0 aliphatic rings. The molecule has 4 aromatic carbocycles. The smallest absolute Gasteiger partial charge is 0.118 e. The van der Waals surface area contributed by atoms with Crippen molar-refractivity contribution < 1.29 is 4.74 Å². The van der Waals surface area contributed by atoms with Crippen LogP contribution in [0, 0.1) is 0 Å². The van der Waals surface area contributed by atoms with Gasteiger partial charge in [-0.3, -0.25) is 0 Å². The number of benzene rings is 4. The fraction of sp³-hybridized carbons (Fsp3) is 0.152. The molecule has 0 spiro atoms. The topological polar surface area (TPSA) is 12.5 Å². The summed E-state index contributed by atoms with van der Waals surface area (Å²) in [7, 11) is 1.70. The van der Waals surface area contributed by atoms with Crippen molar-refractivity contribution in [2.45, 2.75) is 13.8 Å². The molecule has 4 aromatic rings. The molecule has 0 amide bonds. The average molecular weight is 460 g/mol. The molecule has 0 N–H and O–H groups in total. The van der Waals surface area contributed by atoms with Crippen molar-refractivity contribution in [3.63, 3.8) is 0 Å². The van der Waals surface area contributed by atoms with E-state index >= 15 is 0 Å². The van der Waals surface area contributed by atoms with Gasteiger partial charge in [-0.25, -0.2) is 0 Å². The van der Waals surface area contributed by atoms with Crippen LogP contribution in [-0.4, -0.2) is 20.2 Å². The zero-order valence-electron chi connectivity index (χ0n) is 20.8. The highest BCUT2D eigenvalue weighted by atomic mass is 16.5. The van der Waals surface area contributed by atoms with E-state index in [-0.39, 0.29) is 0 Å². The van der Waals surface area contributed by atoms with Crippen molar-refractivity contribution >= 4 is 16.8 Å². The lowest BCUT2D eigenvalue weighted by Gasteiger charge is -2.21. The third kappa shape index (κ3) is 5.91. The molecule has 0 saturated carbocycles. The van der Waals surface area contributed by atoms with Crippen LogP contribution >= 0.6 is 0 Å². The number of hydrogen-bond donors (Lipinski definition) is 0. The molecule has 0 aliphatic carbocycles. The maximum atomic E-state index is 5.40. The van der Waals surface area contributed by atoms with Gasteiger partial charge in [0.2, 0.25) is 0 Å². The minimum Gasteiger partial charge on any atom is -0.497 e. The summed E-state index contributed by atoms with van der Waals surface area (Å²) in [6.45, 7) is 6.38. The quantitative estimate of drug-likeness (QED) is 0.234. The molecule has 0 heterocycles. The molecule has 0 fully saturated rings. The van der Waals surface area contributed by atoms with Crippen LogP contribution in [-0.2, 0) is 0 Å². The van der Waals surface area contributed by atoms with E-state index in [1.54, 1.807) is 7.11 Å². The standard InChI is InChI=1S/C33H33NO/c1-4-34(5-2)30-20-16-28(17-21-30)33(29-18-22-31(35-3)23-19-29)25-24-32(26-12-8-6-9-13-26)27-14-10-7-11-15-27/h6-25H,4-5H2,1-3H3. The van der Waals surface area contributed by atoms with E-state index in [0.717, 1.165) is 24.4 Å².